The van der Waals surface area contributed by atoms with Gasteiger partial charge in [-0.2, -0.15) is 0 Å². The van der Waals surface area contributed by atoms with Crippen molar-refractivity contribution in [2.24, 2.45) is 10.9 Å². The summed E-state index contributed by atoms with van der Waals surface area (Å²) in [6.07, 6.45) is 1.89. The van der Waals surface area contributed by atoms with E-state index in [2.05, 4.69) is 32.9 Å². The zero-order valence-electron chi connectivity index (χ0n) is 21.4. The van der Waals surface area contributed by atoms with Crippen molar-refractivity contribution in [2.45, 2.75) is 34.3 Å². The molecule has 3 aromatic rings. The minimum Gasteiger partial charge on any atom is -0.493 e. The third-order valence-corrected chi connectivity index (χ3v) is 6.66. The van der Waals surface area contributed by atoms with E-state index in [1.165, 1.54) is 22.9 Å². The molecule has 4 rings (SSSR count). The number of hydrogen-bond donors (Lipinski definition) is 0. The number of aryl methyl sites for hydroxylation is 2. The minimum absolute atomic E-state index is 0.0293. The first-order valence-electron chi connectivity index (χ1n) is 12.1. The SMILES string of the molecule is COc1cc(/C=C2/SC(=Nc3ccc(C)cc3)N(CC(C)C)C2=O)ccc1OCc1cccc(C)c1. The summed E-state index contributed by atoms with van der Waals surface area (Å²) in [5.74, 6) is 1.58. The summed E-state index contributed by atoms with van der Waals surface area (Å²) in [5.41, 5.74) is 5.17. The van der Waals surface area contributed by atoms with Gasteiger partial charge in [0.05, 0.1) is 17.7 Å². The predicted octanol–water partition coefficient (Wildman–Crippen LogP) is 7.15. The number of hydrogen-bond acceptors (Lipinski definition) is 5. The maximum Gasteiger partial charge on any atom is 0.266 e. The number of aliphatic imine (C=N–C) groups is 1. The Morgan fingerprint density at radius 2 is 1.75 bits per heavy atom. The molecule has 186 valence electrons. The molecule has 6 heteroatoms. The fourth-order valence-corrected chi connectivity index (χ4v) is 4.86. The van der Waals surface area contributed by atoms with E-state index in [4.69, 9.17) is 14.5 Å². The highest BCUT2D eigenvalue weighted by Crippen LogP contribution is 2.36. The van der Waals surface area contributed by atoms with E-state index in [1.807, 2.05) is 67.6 Å². The van der Waals surface area contributed by atoms with Crippen molar-refractivity contribution in [1.82, 2.24) is 4.90 Å². The van der Waals surface area contributed by atoms with Crippen molar-refractivity contribution in [1.29, 1.82) is 0 Å². The van der Waals surface area contributed by atoms with Crippen molar-refractivity contribution in [2.75, 3.05) is 13.7 Å². The first kappa shape index (κ1) is 25.6. The van der Waals surface area contributed by atoms with Gasteiger partial charge in [0.25, 0.3) is 5.91 Å². The monoisotopic (exact) mass is 500 g/mol. The third-order valence-electron chi connectivity index (χ3n) is 5.66. The highest BCUT2D eigenvalue weighted by molar-refractivity contribution is 8.18. The summed E-state index contributed by atoms with van der Waals surface area (Å²) in [6, 6.07) is 22.0. The number of amides is 1. The van der Waals surface area contributed by atoms with Gasteiger partial charge in [-0.05, 0) is 73.0 Å². The van der Waals surface area contributed by atoms with Gasteiger partial charge in [0, 0.05) is 6.54 Å². The molecule has 0 radical (unpaired) electrons. The number of nitrogens with zero attached hydrogens (tertiary/aromatic N) is 2. The van der Waals surface area contributed by atoms with Gasteiger partial charge >= 0.3 is 0 Å². The van der Waals surface area contributed by atoms with Gasteiger partial charge in [0.1, 0.15) is 6.61 Å². The van der Waals surface area contributed by atoms with Gasteiger partial charge in [0.15, 0.2) is 16.7 Å². The van der Waals surface area contributed by atoms with Crippen molar-refractivity contribution < 1.29 is 14.3 Å². The molecular weight excluding hydrogens is 468 g/mol. The highest BCUT2D eigenvalue weighted by atomic mass is 32.2. The smallest absolute Gasteiger partial charge is 0.266 e. The Labute approximate surface area is 217 Å². The standard InChI is InChI=1S/C30H32N2O3S/c1-20(2)18-32-29(33)28(36-30(32)31-25-12-9-21(3)10-13-25)17-23-11-14-26(27(16-23)34-5)35-19-24-8-6-7-22(4)15-24/h6-17,20H,18-19H2,1-5H3/b28-17+,31-30?. The maximum atomic E-state index is 13.3. The lowest BCUT2D eigenvalue weighted by atomic mass is 10.1. The quantitative estimate of drug-likeness (QED) is 0.308. The number of thioether (sulfide) groups is 1. The van der Waals surface area contributed by atoms with E-state index in [9.17, 15) is 4.79 Å². The van der Waals surface area contributed by atoms with Crippen LogP contribution in [0.15, 0.2) is 76.6 Å². The van der Waals surface area contributed by atoms with Gasteiger partial charge in [-0.1, -0.05) is 67.4 Å². The number of carbonyl (C=O) groups excluding carboxylic acids is 1. The average Bonchev–Trinajstić information content (AvgIpc) is 3.13. The zero-order valence-corrected chi connectivity index (χ0v) is 22.3. The molecule has 1 fully saturated rings. The van der Waals surface area contributed by atoms with E-state index in [0.29, 0.717) is 40.6 Å². The van der Waals surface area contributed by atoms with Crippen molar-refractivity contribution >= 4 is 34.6 Å². The van der Waals surface area contributed by atoms with Crippen LogP contribution in [0.1, 0.15) is 36.1 Å². The Morgan fingerprint density at radius 3 is 2.44 bits per heavy atom. The molecule has 0 spiro atoms. The lowest BCUT2D eigenvalue weighted by Crippen LogP contribution is -2.32. The van der Waals surface area contributed by atoms with Crippen LogP contribution in [0.5, 0.6) is 11.5 Å². The fraction of sp³-hybridized carbons (Fsp3) is 0.267. The number of methoxy groups -OCH3 is 1. The number of benzene rings is 3. The summed E-state index contributed by atoms with van der Waals surface area (Å²) >= 11 is 1.40. The molecule has 3 aromatic carbocycles. The van der Waals surface area contributed by atoms with Crippen LogP contribution in [0, 0.1) is 19.8 Å². The van der Waals surface area contributed by atoms with Gasteiger partial charge in [0.2, 0.25) is 0 Å². The van der Waals surface area contributed by atoms with Crippen LogP contribution >= 0.6 is 11.8 Å². The van der Waals surface area contributed by atoms with E-state index in [0.717, 1.165) is 16.8 Å². The zero-order chi connectivity index (χ0) is 25.7. The lowest BCUT2D eigenvalue weighted by molar-refractivity contribution is -0.122. The summed E-state index contributed by atoms with van der Waals surface area (Å²) in [5, 5.41) is 0.703. The normalized spacial score (nSPS) is 15.8. The van der Waals surface area contributed by atoms with Crippen LogP contribution in [0.3, 0.4) is 0 Å². The molecule has 0 saturated carbocycles. The summed E-state index contributed by atoms with van der Waals surface area (Å²) < 4.78 is 11.6. The number of ether oxygens (including phenoxy) is 2. The fourth-order valence-electron chi connectivity index (χ4n) is 3.85. The van der Waals surface area contributed by atoms with Crippen LogP contribution < -0.4 is 9.47 Å². The Balaban J connectivity index is 1.57. The molecule has 0 aromatic heterocycles. The largest absolute Gasteiger partial charge is 0.493 e. The molecule has 0 unspecified atom stereocenters. The Bertz CT molecular complexity index is 1300. The molecule has 1 amide bonds. The van der Waals surface area contributed by atoms with Crippen LogP contribution in [0.4, 0.5) is 5.69 Å². The second-order valence-electron chi connectivity index (χ2n) is 9.34. The first-order valence-corrected chi connectivity index (χ1v) is 12.9. The Hall–Kier alpha value is -3.51. The van der Waals surface area contributed by atoms with Gasteiger partial charge in [-0.3, -0.25) is 9.69 Å². The molecular formula is C30H32N2O3S. The van der Waals surface area contributed by atoms with Gasteiger partial charge in [-0.25, -0.2) is 4.99 Å². The summed E-state index contributed by atoms with van der Waals surface area (Å²) in [7, 11) is 1.62. The second-order valence-corrected chi connectivity index (χ2v) is 10.3. The van der Waals surface area contributed by atoms with E-state index >= 15 is 0 Å². The minimum atomic E-state index is -0.0293. The van der Waals surface area contributed by atoms with Gasteiger partial charge < -0.3 is 9.47 Å². The van der Waals surface area contributed by atoms with E-state index < -0.39 is 0 Å². The number of carbonyl (C=O) groups is 1. The summed E-state index contributed by atoms with van der Waals surface area (Å²) in [4.78, 5) is 20.5. The van der Waals surface area contributed by atoms with Crippen molar-refractivity contribution in [3.8, 4) is 11.5 Å². The predicted molar refractivity (Wildman–Crippen MR) is 149 cm³/mol. The molecule has 0 bridgehead atoms. The molecule has 36 heavy (non-hydrogen) atoms. The number of rotatable bonds is 8. The van der Waals surface area contributed by atoms with Crippen LogP contribution in [0.2, 0.25) is 0 Å². The highest BCUT2D eigenvalue weighted by Gasteiger charge is 2.33. The molecule has 1 aliphatic rings. The molecule has 5 nitrogen and oxygen atoms in total. The van der Waals surface area contributed by atoms with Crippen molar-refractivity contribution in [3.63, 3.8) is 0 Å². The van der Waals surface area contributed by atoms with Crippen LogP contribution in [0.25, 0.3) is 6.08 Å². The van der Waals surface area contributed by atoms with Gasteiger partial charge in [-0.15, -0.1) is 0 Å². The van der Waals surface area contributed by atoms with Crippen LogP contribution in [-0.2, 0) is 11.4 Å². The average molecular weight is 501 g/mol. The van der Waals surface area contributed by atoms with E-state index in [-0.39, 0.29) is 5.91 Å². The maximum absolute atomic E-state index is 13.3. The van der Waals surface area contributed by atoms with E-state index in [1.54, 1.807) is 12.0 Å². The molecule has 1 saturated heterocycles. The topological polar surface area (TPSA) is 51.1 Å². The molecule has 1 aliphatic heterocycles. The first-order chi connectivity index (χ1) is 17.3. The summed E-state index contributed by atoms with van der Waals surface area (Å²) in [6.45, 7) is 9.38. The van der Waals surface area contributed by atoms with Crippen LogP contribution in [-0.4, -0.2) is 29.6 Å². The molecule has 1 heterocycles. The Morgan fingerprint density at radius 1 is 0.972 bits per heavy atom. The molecule has 0 atom stereocenters. The molecule has 0 N–H and O–H groups in total. The molecule has 0 aliphatic carbocycles. The lowest BCUT2D eigenvalue weighted by Gasteiger charge is -2.17. The van der Waals surface area contributed by atoms with Crippen molar-refractivity contribution in [3.05, 3.63) is 93.9 Å². The number of amidine groups is 1. The third kappa shape index (κ3) is 6.38. The Kier molecular flexibility index (Phi) is 8.16. The second kappa shape index (κ2) is 11.5.